The average molecular weight is 350 g/mol. The van der Waals surface area contributed by atoms with E-state index in [2.05, 4.69) is 0 Å². The molecule has 0 radical (unpaired) electrons. The zero-order chi connectivity index (χ0) is 18.8. The second kappa shape index (κ2) is 7.12. The number of benzene rings is 2. The Morgan fingerprint density at radius 1 is 1.08 bits per heavy atom. The van der Waals surface area contributed by atoms with Crippen molar-refractivity contribution in [3.05, 3.63) is 70.8 Å². The van der Waals surface area contributed by atoms with Gasteiger partial charge in [0.2, 0.25) is 0 Å². The van der Waals surface area contributed by atoms with Crippen LogP contribution in [0, 0.1) is 6.92 Å². The Hall–Kier alpha value is -2.95. The molecule has 0 N–H and O–H groups in total. The third-order valence-corrected chi connectivity index (χ3v) is 4.72. The van der Waals surface area contributed by atoms with Crippen molar-refractivity contribution >= 4 is 22.5 Å². The highest BCUT2D eigenvalue weighted by molar-refractivity contribution is 5.93. The number of para-hydroxylation sites is 2. The molecule has 2 aromatic carbocycles. The van der Waals surface area contributed by atoms with Crippen molar-refractivity contribution in [1.29, 1.82) is 0 Å². The van der Waals surface area contributed by atoms with Crippen LogP contribution in [0.15, 0.2) is 59.4 Å². The highest BCUT2D eigenvalue weighted by Crippen LogP contribution is 2.17. The zero-order valence-corrected chi connectivity index (χ0v) is 15.6. The molecule has 0 atom stereocenters. The van der Waals surface area contributed by atoms with Gasteiger partial charge in [-0.2, -0.15) is 4.57 Å². The van der Waals surface area contributed by atoms with Crippen molar-refractivity contribution in [2.45, 2.75) is 33.4 Å². The molecule has 1 amide bonds. The van der Waals surface area contributed by atoms with Crippen LogP contribution in [0.5, 0.6) is 0 Å². The zero-order valence-electron chi connectivity index (χ0n) is 15.6. The second-order valence-corrected chi connectivity index (χ2v) is 6.71. The lowest BCUT2D eigenvalue weighted by Gasteiger charge is -2.26. The molecule has 134 valence electrons. The first-order valence-electron chi connectivity index (χ1n) is 8.77. The summed E-state index contributed by atoms with van der Waals surface area (Å²) >= 11 is 0. The summed E-state index contributed by atoms with van der Waals surface area (Å²) in [6.07, 6.45) is 0. The average Bonchev–Trinajstić information content (AvgIpc) is 2.64. The SMILES string of the molecule is Cc1n(C)c(=O)c2ccccc2[n+]1CC(=O)N(c1ccccc1)C(C)C. The van der Waals surface area contributed by atoms with E-state index in [1.807, 2.05) is 73.9 Å². The maximum absolute atomic E-state index is 13.2. The molecule has 3 rings (SSSR count). The Bertz CT molecular complexity index is 1010. The highest BCUT2D eigenvalue weighted by atomic mass is 16.2. The van der Waals surface area contributed by atoms with Crippen LogP contribution < -0.4 is 15.0 Å². The van der Waals surface area contributed by atoms with Gasteiger partial charge in [0.15, 0.2) is 6.54 Å². The van der Waals surface area contributed by atoms with Crippen LogP contribution >= 0.6 is 0 Å². The van der Waals surface area contributed by atoms with Crippen LogP contribution in [0.3, 0.4) is 0 Å². The van der Waals surface area contributed by atoms with Gasteiger partial charge in [-0.25, -0.2) is 9.36 Å². The van der Waals surface area contributed by atoms with Gasteiger partial charge in [0.05, 0.1) is 7.05 Å². The number of hydrogen-bond acceptors (Lipinski definition) is 2. The third-order valence-electron chi connectivity index (χ3n) is 4.72. The van der Waals surface area contributed by atoms with Crippen molar-refractivity contribution < 1.29 is 9.36 Å². The molecule has 0 spiro atoms. The molecule has 0 bridgehead atoms. The molecule has 0 saturated heterocycles. The van der Waals surface area contributed by atoms with Gasteiger partial charge in [-0.05, 0) is 38.1 Å². The van der Waals surface area contributed by atoms with E-state index < -0.39 is 0 Å². The fourth-order valence-corrected chi connectivity index (χ4v) is 3.30. The maximum atomic E-state index is 13.2. The minimum atomic E-state index is -0.0504. The molecule has 26 heavy (non-hydrogen) atoms. The van der Waals surface area contributed by atoms with E-state index in [1.54, 1.807) is 22.6 Å². The second-order valence-electron chi connectivity index (χ2n) is 6.71. The van der Waals surface area contributed by atoms with E-state index in [-0.39, 0.29) is 24.1 Å². The molecule has 0 aliphatic heterocycles. The summed E-state index contributed by atoms with van der Waals surface area (Å²) < 4.78 is 3.51. The predicted octanol–water partition coefficient (Wildman–Crippen LogP) is 2.58. The number of fused-ring (bicyclic) bond motifs is 1. The number of aromatic nitrogens is 2. The molecule has 0 fully saturated rings. The minimum absolute atomic E-state index is 0.0110. The van der Waals surface area contributed by atoms with E-state index in [4.69, 9.17) is 0 Å². The molecule has 1 heterocycles. The van der Waals surface area contributed by atoms with Gasteiger partial charge in [-0.15, -0.1) is 0 Å². The van der Waals surface area contributed by atoms with Gasteiger partial charge in [-0.3, -0.25) is 4.79 Å². The van der Waals surface area contributed by atoms with Crippen LogP contribution in [0.1, 0.15) is 19.7 Å². The van der Waals surface area contributed by atoms with Crippen LogP contribution in [0.25, 0.3) is 10.9 Å². The highest BCUT2D eigenvalue weighted by Gasteiger charge is 2.25. The van der Waals surface area contributed by atoms with E-state index in [0.717, 1.165) is 17.0 Å². The van der Waals surface area contributed by atoms with Gasteiger partial charge < -0.3 is 4.90 Å². The summed E-state index contributed by atoms with van der Waals surface area (Å²) in [7, 11) is 1.74. The molecule has 0 aliphatic carbocycles. The fourth-order valence-electron chi connectivity index (χ4n) is 3.30. The number of anilines is 1. The largest absolute Gasteiger partial charge is 0.345 e. The Morgan fingerprint density at radius 2 is 1.69 bits per heavy atom. The Morgan fingerprint density at radius 3 is 2.35 bits per heavy atom. The van der Waals surface area contributed by atoms with E-state index in [1.165, 1.54) is 0 Å². The van der Waals surface area contributed by atoms with E-state index >= 15 is 0 Å². The van der Waals surface area contributed by atoms with Gasteiger partial charge in [0.1, 0.15) is 10.9 Å². The normalized spacial score (nSPS) is 11.1. The third kappa shape index (κ3) is 3.12. The Kier molecular flexibility index (Phi) is 4.89. The fraction of sp³-hybridized carbons (Fsp3) is 0.286. The van der Waals surface area contributed by atoms with Gasteiger partial charge in [0, 0.05) is 18.7 Å². The van der Waals surface area contributed by atoms with Crippen molar-refractivity contribution in [3.8, 4) is 0 Å². The Labute approximate surface area is 153 Å². The molecular weight excluding hydrogens is 326 g/mol. The topological polar surface area (TPSA) is 46.2 Å². The van der Waals surface area contributed by atoms with Crippen LogP contribution in [-0.4, -0.2) is 16.5 Å². The first-order valence-corrected chi connectivity index (χ1v) is 8.77. The van der Waals surface area contributed by atoms with Gasteiger partial charge in [-0.1, -0.05) is 30.3 Å². The van der Waals surface area contributed by atoms with Crippen LogP contribution in [-0.2, 0) is 18.4 Å². The van der Waals surface area contributed by atoms with Crippen molar-refractivity contribution in [3.63, 3.8) is 0 Å². The smallest absolute Gasteiger partial charge is 0.307 e. The number of rotatable bonds is 4. The molecular formula is C21H24N3O2+. The quantitative estimate of drug-likeness (QED) is 0.679. The number of hydrogen-bond donors (Lipinski definition) is 0. The summed E-state index contributed by atoms with van der Waals surface area (Å²) in [6, 6.07) is 17.1. The van der Waals surface area contributed by atoms with Crippen LogP contribution in [0.4, 0.5) is 5.69 Å². The molecule has 5 nitrogen and oxygen atoms in total. The lowest BCUT2D eigenvalue weighted by atomic mass is 10.2. The maximum Gasteiger partial charge on any atom is 0.345 e. The van der Waals surface area contributed by atoms with E-state index in [0.29, 0.717) is 5.39 Å². The van der Waals surface area contributed by atoms with Crippen LogP contribution in [0.2, 0.25) is 0 Å². The predicted molar refractivity (Wildman–Crippen MR) is 103 cm³/mol. The van der Waals surface area contributed by atoms with Crippen molar-refractivity contribution in [1.82, 2.24) is 4.57 Å². The molecule has 0 aliphatic rings. The van der Waals surface area contributed by atoms with Crippen molar-refractivity contribution in [2.24, 2.45) is 7.05 Å². The van der Waals surface area contributed by atoms with Gasteiger partial charge >= 0.3 is 5.56 Å². The first-order chi connectivity index (χ1) is 12.4. The minimum Gasteiger partial charge on any atom is -0.307 e. The monoisotopic (exact) mass is 350 g/mol. The van der Waals surface area contributed by atoms with Gasteiger partial charge in [0.25, 0.3) is 11.7 Å². The molecule has 1 aromatic heterocycles. The van der Waals surface area contributed by atoms with Crippen molar-refractivity contribution in [2.75, 3.05) is 4.90 Å². The number of nitrogens with zero attached hydrogens (tertiary/aromatic N) is 3. The number of carbonyl (C=O) groups excluding carboxylic acids is 1. The summed E-state index contributed by atoms with van der Waals surface area (Å²) in [6.45, 7) is 6.04. The van der Waals surface area contributed by atoms with E-state index in [9.17, 15) is 9.59 Å². The molecule has 0 unspecified atom stereocenters. The summed E-state index contributed by atoms with van der Waals surface area (Å²) in [5.41, 5.74) is 1.60. The molecule has 0 saturated carbocycles. The number of carbonyl (C=O) groups is 1. The summed E-state index contributed by atoms with van der Waals surface area (Å²) in [5, 5.41) is 0.615. The standard InChI is InChI=1S/C21H24N3O2/c1-15(2)24(17-10-6-5-7-11-17)20(25)14-23-16(3)22(4)21(26)18-12-8-9-13-19(18)23/h5-13,15H,14H2,1-4H3/q+1. The Balaban J connectivity index is 2.08. The summed E-state index contributed by atoms with van der Waals surface area (Å²) in [4.78, 5) is 27.5. The summed E-state index contributed by atoms with van der Waals surface area (Å²) in [5.74, 6) is 0.738. The first kappa shape index (κ1) is 17.9. The molecule has 3 aromatic rings. The number of amides is 1. The lowest BCUT2D eigenvalue weighted by Crippen LogP contribution is -2.52. The lowest BCUT2D eigenvalue weighted by molar-refractivity contribution is -0.669. The molecule has 5 heteroatoms.